The molecular formula is C17H17ClN4O2S2. The molecule has 0 amide bonds. The third-order valence-electron chi connectivity index (χ3n) is 4.50. The molecule has 0 unspecified atom stereocenters. The smallest absolute Gasteiger partial charge is 0.213 e. The topological polar surface area (TPSA) is 67.6 Å². The molecular weight excluding hydrogens is 392 g/mol. The number of nitrogens with zero attached hydrogens (tertiary/aromatic N) is 4. The van der Waals surface area contributed by atoms with Gasteiger partial charge in [0.05, 0.1) is 10.6 Å². The maximum Gasteiger partial charge on any atom is 0.213 e. The van der Waals surface area contributed by atoms with Gasteiger partial charge in [-0.05, 0) is 31.5 Å². The number of rotatable bonds is 3. The number of fused-ring (bicyclic) bond motifs is 3. The molecule has 136 valence electrons. The van der Waals surface area contributed by atoms with Crippen molar-refractivity contribution < 1.29 is 8.42 Å². The lowest BCUT2D eigenvalue weighted by atomic mass is 10.1. The van der Waals surface area contributed by atoms with Crippen LogP contribution in [0.25, 0.3) is 5.65 Å². The van der Waals surface area contributed by atoms with Gasteiger partial charge in [-0.15, -0.1) is 11.8 Å². The van der Waals surface area contributed by atoms with Crippen LogP contribution in [-0.4, -0.2) is 47.8 Å². The fourth-order valence-electron chi connectivity index (χ4n) is 3.21. The Morgan fingerprint density at radius 2 is 2.12 bits per heavy atom. The molecule has 0 saturated carbocycles. The second kappa shape index (κ2) is 6.53. The maximum absolute atomic E-state index is 13.3. The molecule has 0 atom stereocenters. The van der Waals surface area contributed by atoms with E-state index in [0.29, 0.717) is 15.7 Å². The number of hydrogen-bond acceptors (Lipinski definition) is 6. The fraction of sp³-hybridized carbons (Fsp3) is 0.294. The van der Waals surface area contributed by atoms with E-state index in [9.17, 15) is 8.42 Å². The summed E-state index contributed by atoms with van der Waals surface area (Å²) in [5.74, 6) is 0. The van der Waals surface area contributed by atoms with Crippen LogP contribution in [-0.2, 0) is 22.8 Å². The lowest BCUT2D eigenvalue weighted by molar-refractivity contribution is 0.307. The van der Waals surface area contributed by atoms with E-state index >= 15 is 0 Å². The van der Waals surface area contributed by atoms with Crippen LogP contribution in [0.4, 0.5) is 0 Å². The first-order chi connectivity index (χ1) is 12.4. The predicted molar refractivity (Wildman–Crippen MR) is 102 cm³/mol. The summed E-state index contributed by atoms with van der Waals surface area (Å²) in [4.78, 5) is 6.96. The fourth-order valence-corrected chi connectivity index (χ4v) is 5.91. The van der Waals surface area contributed by atoms with Gasteiger partial charge in [0.1, 0.15) is 5.03 Å². The van der Waals surface area contributed by atoms with Crippen LogP contribution >= 0.6 is 23.4 Å². The summed E-state index contributed by atoms with van der Waals surface area (Å²) in [5, 5.41) is 5.40. The second-order valence-electron chi connectivity index (χ2n) is 6.25. The number of sulfone groups is 1. The highest BCUT2D eigenvalue weighted by atomic mass is 35.5. The first-order valence-corrected chi connectivity index (χ1v) is 11.1. The Labute approximate surface area is 161 Å². The van der Waals surface area contributed by atoms with Crippen molar-refractivity contribution in [3.05, 3.63) is 46.7 Å². The van der Waals surface area contributed by atoms with Crippen molar-refractivity contribution in [2.75, 3.05) is 19.8 Å². The molecule has 0 radical (unpaired) electrons. The minimum Gasteiger partial charge on any atom is -0.302 e. The third-order valence-corrected chi connectivity index (χ3v) is 7.32. The molecule has 2 aromatic heterocycles. The van der Waals surface area contributed by atoms with Gasteiger partial charge < -0.3 is 4.90 Å². The van der Waals surface area contributed by atoms with Gasteiger partial charge in [-0.3, -0.25) is 0 Å². The van der Waals surface area contributed by atoms with E-state index in [2.05, 4.69) is 22.0 Å². The molecule has 0 fully saturated rings. The Morgan fingerprint density at radius 1 is 1.31 bits per heavy atom. The molecule has 26 heavy (non-hydrogen) atoms. The number of halogens is 1. The average Bonchev–Trinajstić information content (AvgIpc) is 3.01. The highest BCUT2D eigenvalue weighted by molar-refractivity contribution is 7.99. The van der Waals surface area contributed by atoms with Crippen LogP contribution in [0, 0.1) is 0 Å². The Hall–Kier alpha value is -1.61. The minimum atomic E-state index is -3.79. The number of benzene rings is 1. The lowest BCUT2D eigenvalue weighted by Gasteiger charge is -2.24. The highest BCUT2D eigenvalue weighted by Crippen LogP contribution is 2.34. The molecule has 0 aliphatic carbocycles. The van der Waals surface area contributed by atoms with Gasteiger partial charge in [0.2, 0.25) is 9.84 Å². The van der Waals surface area contributed by atoms with Gasteiger partial charge in [0.15, 0.2) is 10.5 Å². The standard InChI is InChI=1S/C17H17ClN4O2S2/c1-21-7-6-14-11(10-21)9-19-16-15(17(25-2)20-22(14)16)26(23,24)13-5-3-4-12(18)8-13/h3-5,8-9H,6-7,10H2,1-2H3. The van der Waals surface area contributed by atoms with Crippen molar-refractivity contribution >= 4 is 38.8 Å². The van der Waals surface area contributed by atoms with E-state index in [4.69, 9.17) is 11.6 Å². The third kappa shape index (κ3) is 2.81. The summed E-state index contributed by atoms with van der Waals surface area (Å²) in [6.45, 7) is 1.68. The Morgan fingerprint density at radius 3 is 2.85 bits per heavy atom. The van der Waals surface area contributed by atoms with E-state index in [1.165, 1.54) is 17.8 Å². The van der Waals surface area contributed by atoms with E-state index < -0.39 is 9.84 Å². The van der Waals surface area contributed by atoms with Crippen LogP contribution in [0.3, 0.4) is 0 Å². The molecule has 4 rings (SSSR count). The number of hydrogen-bond donors (Lipinski definition) is 0. The number of likely N-dealkylation sites (N-methyl/N-ethyl adjacent to an activating group) is 1. The molecule has 1 aliphatic rings. The van der Waals surface area contributed by atoms with Crippen LogP contribution < -0.4 is 0 Å². The average molecular weight is 409 g/mol. The molecule has 9 heteroatoms. The zero-order valence-corrected chi connectivity index (χ0v) is 16.7. The largest absolute Gasteiger partial charge is 0.302 e. The monoisotopic (exact) mass is 408 g/mol. The SMILES string of the molecule is CSc1nn2c3c(cnc2c1S(=O)(=O)c1cccc(Cl)c1)CN(C)CC3. The Kier molecular flexibility index (Phi) is 4.46. The summed E-state index contributed by atoms with van der Waals surface area (Å²) in [6.07, 6.45) is 4.39. The van der Waals surface area contributed by atoms with Crippen molar-refractivity contribution in [3.63, 3.8) is 0 Å². The molecule has 1 aliphatic heterocycles. The Balaban J connectivity index is 1.98. The normalized spacial score (nSPS) is 15.3. The number of aromatic nitrogens is 3. The van der Waals surface area contributed by atoms with E-state index in [-0.39, 0.29) is 9.79 Å². The first-order valence-electron chi connectivity index (χ1n) is 8.04. The molecule has 6 nitrogen and oxygen atoms in total. The summed E-state index contributed by atoms with van der Waals surface area (Å²) >= 11 is 7.31. The number of thioether (sulfide) groups is 1. The molecule has 0 spiro atoms. The van der Waals surface area contributed by atoms with Gasteiger partial charge in [0.25, 0.3) is 0 Å². The zero-order chi connectivity index (χ0) is 18.5. The molecule has 1 aromatic carbocycles. The molecule has 3 aromatic rings. The van der Waals surface area contributed by atoms with E-state index in [0.717, 1.165) is 30.8 Å². The predicted octanol–water partition coefficient (Wildman–Crippen LogP) is 2.93. The Bertz CT molecular complexity index is 1110. The molecule has 0 bridgehead atoms. The van der Waals surface area contributed by atoms with Crippen molar-refractivity contribution in [1.29, 1.82) is 0 Å². The van der Waals surface area contributed by atoms with Gasteiger partial charge in [0, 0.05) is 36.3 Å². The van der Waals surface area contributed by atoms with E-state index in [1.807, 2.05) is 6.26 Å². The van der Waals surface area contributed by atoms with Gasteiger partial charge in [-0.1, -0.05) is 17.7 Å². The van der Waals surface area contributed by atoms with Crippen LogP contribution in [0.15, 0.2) is 45.3 Å². The summed E-state index contributed by atoms with van der Waals surface area (Å²) in [7, 11) is -1.73. The molecule has 3 heterocycles. The van der Waals surface area contributed by atoms with Crippen molar-refractivity contribution in [2.24, 2.45) is 0 Å². The van der Waals surface area contributed by atoms with E-state index in [1.54, 1.807) is 28.9 Å². The van der Waals surface area contributed by atoms with Crippen molar-refractivity contribution in [3.8, 4) is 0 Å². The minimum absolute atomic E-state index is 0.147. The van der Waals surface area contributed by atoms with Gasteiger partial charge in [-0.25, -0.2) is 17.9 Å². The quantitative estimate of drug-likeness (QED) is 0.621. The van der Waals surface area contributed by atoms with Crippen molar-refractivity contribution in [1.82, 2.24) is 19.5 Å². The molecule has 0 saturated heterocycles. The second-order valence-corrected chi connectivity index (χ2v) is 9.37. The first kappa shape index (κ1) is 17.8. The van der Waals surface area contributed by atoms with Gasteiger partial charge in [-0.2, -0.15) is 5.10 Å². The summed E-state index contributed by atoms with van der Waals surface area (Å²) in [5.41, 5.74) is 2.47. The van der Waals surface area contributed by atoms with Crippen LogP contribution in [0.5, 0.6) is 0 Å². The zero-order valence-electron chi connectivity index (χ0n) is 14.3. The lowest BCUT2D eigenvalue weighted by Crippen LogP contribution is -2.28. The highest BCUT2D eigenvalue weighted by Gasteiger charge is 2.30. The maximum atomic E-state index is 13.3. The van der Waals surface area contributed by atoms with Gasteiger partial charge >= 0.3 is 0 Å². The van der Waals surface area contributed by atoms with Crippen LogP contribution in [0.2, 0.25) is 5.02 Å². The summed E-state index contributed by atoms with van der Waals surface area (Å²) < 4.78 is 28.3. The summed E-state index contributed by atoms with van der Waals surface area (Å²) in [6, 6.07) is 6.28. The van der Waals surface area contributed by atoms with Crippen LogP contribution in [0.1, 0.15) is 11.3 Å². The van der Waals surface area contributed by atoms with Crippen molar-refractivity contribution in [2.45, 2.75) is 27.8 Å². The molecule has 0 N–H and O–H groups in total.